The standard InChI is InChI=1S/C13H16N2/c1-9-4-5-10(2)12(6-9)7-13-11(3)14-8-15-13/h4-6,8H,7H2,1-3H3,(H,14,15). The first-order valence-corrected chi connectivity index (χ1v) is 5.22. The van der Waals surface area contributed by atoms with E-state index in [0.29, 0.717) is 0 Å². The Morgan fingerprint density at radius 3 is 2.67 bits per heavy atom. The van der Waals surface area contributed by atoms with Gasteiger partial charge in [-0.25, -0.2) is 4.98 Å². The van der Waals surface area contributed by atoms with Gasteiger partial charge in [0.25, 0.3) is 0 Å². The highest BCUT2D eigenvalue weighted by Gasteiger charge is 2.05. The quantitative estimate of drug-likeness (QED) is 0.793. The molecule has 2 rings (SSSR count). The van der Waals surface area contributed by atoms with E-state index in [2.05, 4.69) is 48.9 Å². The molecule has 0 spiro atoms. The Hall–Kier alpha value is -1.57. The van der Waals surface area contributed by atoms with Gasteiger partial charge in [-0.2, -0.15) is 0 Å². The Labute approximate surface area is 90.4 Å². The number of nitrogens with zero attached hydrogens (tertiary/aromatic N) is 1. The maximum absolute atomic E-state index is 4.33. The van der Waals surface area contributed by atoms with Crippen molar-refractivity contribution in [1.82, 2.24) is 9.97 Å². The van der Waals surface area contributed by atoms with Crippen molar-refractivity contribution in [1.29, 1.82) is 0 Å². The van der Waals surface area contributed by atoms with Crippen molar-refractivity contribution >= 4 is 0 Å². The fourth-order valence-electron chi connectivity index (χ4n) is 1.74. The van der Waals surface area contributed by atoms with Gasteiger partial charge in [-0.05, 0) is 31.9 Å². The summed E-state index contributed by atoms with van der Waals surface area (Å²) in [5.74, 6) is 0. The van der Waals surface area contributed by atoms with Gasteiger partial charge in [-0.3, -0.25) is 0 Å². The molecule has 1 aromatic heterocycles. The van der Waals surface area contributed by atoms with E-state index in [0.717, 1.165) is 17.8 Å². The minimum Gasteiger partial charge on any atom is -0.348 e. The van der Waals surface area contributed by atoms with E-state index in [1.54, 1.807) is 6.33 Å². The zero-order chi connectivity index (χ0) is 10.8. The van der Waals surface area contributed by atoms with Gasteiger partial charge >= 0.3 is 0 Å². The average Bonchev–Trinajstić information content (AvgIpc) is 2.58. The summed E-state index contributed by atoms with van der Waals surface area (Å²) in [4.78, 5) is 7.44. The van der Waals surface area contributed by atoms with Crippen LogP contribution in [0.2, 0.25) is 0 Å². The van der Waals surface area contributed by atoms with Crippen LogP contribution in [0, 0.1) is 20.8 Å². The van der Waals surface area contributed by atoms with Gasteiger partial charge in [-0.1, -0.05) is 23.8 Å². The first-order valence-electron chi connectivity index (χ1n) is 5.22. The fourth-order valence-corrected chi connectivity index (χ4v) is 1.74. The predicted molar refractivity (Wildman–Crippen MR) is 62.0 cm³/mol. The Morgan fingerprint density at radius 1 is 1.20 bits per heavy atom. The number of rotatable bonds is 2. The SMILES string of the molecule is Cc1ccc(C)c(Cc2nc[nH]c2C)c1. The zero-order valence-corrected chi connectivity index (χ0v) is 9.46. The van der Waals surface area contributed by atoms with Crippen LogP contribution < -0.4 is 0 Å². The van der Waals surface area contributed by atoms with E-state index in [9.17, 15) is 0 Å². The summed E-state index contributed by atoms with van der Waals surface area (Å²) in [7, 11) is 0. The average molecular weight is 200 g/mol. The van der Waals surface area contributed by atoms with Crippen LogP contribution >= 0.6 is 0 Å². The lowest BCUT2D eigenvalue weighted by molar-refractivity contribution is 1.06. The molecule has 0 saturated heterocycles. The molecule has 2 heteroatoms. The molecule has 0 aliphatic heterocycles. The van der Waals surface area contributed by atoms with Crippen LogP contribution in [-0.4, -0.2) is 9.97 Å². The second-order valence-corrected chi connectivity index (χ2v) is 4.08. The molecule has 1 N–H and O–H groups in total. The number of aromatic amines is 1. The van der Waals surface area contributed by atoms with E-state index in [1.807, 2.05) is 0 Å². The maximum Gasteiger partial charge on any atom is 0.0925 e. The summed E-state index contributed by atoms with van der Waals surface area (Å²) in [6, 6.07) is 6.56. The molecule has 15 heavy (non-hydrogen) atoms. The smallest absolute Gasteiger partial charge is 0.0925 e. The molecule has 0 aliphatic rings. The van der Waals surface area contributed by atoms with Gasteiger partial charge in [0.05, 0.1) is 12.0 Å². The van der Waals surface area contributed by atoms with Crippen LogP contribution in [0.1, 0.15) is 28.1 Å². The second-order valence-electron chi connectivity index (χ2n) is 4.08. The van der Waals surface area contributed by atoms with Gasteiger partial charge in [0.15, 0.2) is 0 Å². The van der Waals surface area contributed by atoms with E-state index in [-0.39, 0.29) is 0 Å². The van der Waals surface area contributed by atoms with Gasteiger partial charge in [0.1, 0.15) is 0 Å². The third kappa shape index (κ3) is 2.09. The van der Waals surface area contributed by atoms with Crippen molar-refractivity contribution in [3.63, 3.8) is 0 Å². The molecule has 0 bridgehead atoms. The highest BCUT2D eigenvalue weighted by molar-refractivity contribution is 5.34. The van der Waals surface area contributed by atoms with Gasteiger partial charge < -0.3 is 4.98 Å². The zero-order valence-electron chi connectivity index (χ0n) is 9.46. The molecule has 0 amide bonds. The lowest BCUT2D eigenvalue weighted by Gasteiger charge is -2.05. The molecule has 0 fully saturated rings. The Morgan fingerprint density at radius 2 is 2.00 bits per heavy atom. The van der Waals surface area contributed by atoms with Crippen LogP contribution in [0.3, 0.4) is 0 Å². The third-order valence-corrected chi connectivity index (χ3v) is 2.80. The summed E-state index contributed by atoms with van der Waals surface area (Å²) in [6.45, 7) is 6.34. The van der Waals surface area contributed by atoms with E-state index in [1.165, 1.54) is 16.7 Å². The highest BCUT2D eigenvalue weighted by Crippen LogP contribution is 2.15. The van der Waals surface area contributed by atoms with Crippen molar-refractivity contribution in [3.05, 3.63) is 52.6 Å². The molecule has 1 aromatic carbocycles. The van der Waals surface area contributed by atoms with Crippen molar-refractivity contribution in [2.45, 2.75) is 27.2 Å². The third-order valence-electron chi connectivity index (χ3n) is 2.80. The van der Waals surface area contributed by atoms with Crippen LogP contribution in [0.5, 0.6) is 0 Å². The highest BCUT2D eigenvalue weighted by atomic mass is 14.9. The Balaban J connectivity index is 2.32. The molecule has 0 radical (unpaired) electrons. The molecule has 2 nitrogen and oxygen atoms in total. The van der Waals surface area contributed by atoms with E-state index < -0.39 is 0 Å². The number of imidazole rings is 1. The summed E-state index contributed by atoms with van der Waals surface area (Å²) in [5.41, 5.74) is 6.32. The largest absolute Gasteiger partial charge is 0.348 e. The molecule has 1 heterocycles. The van der Waals surface area contributed by atoms with Gasteiger partial charge in [0, 0.05) is 12.1 Å². The number of hydrogen-bond acceptors (Lipinski definition) is 1. The monoisotopic (exact) mass is 200 g/mol. The molecule has 0 saturated carbocycles. The molecule has 0 atom stereocenters. The van der Waals surface area contributed by atoms with Crippen molar-refractivity contribution in [3.8, 4) is 0 Å². The lowest BCUT2D eigenvalue weighted by Crippen LogP contribution is -1.94. The van der Waals surface area contributed by atoms with E-state index in [4.69, 9.17) is 0 Å². The minimum atomic E-state index is 0.919. The lowest BCUT2D eigenvalue weighted by atomic mass is 10.0. The molecule has 0 unspecified atom stereocenters. The Bertz CT molecular complexity index is 469. The van der Waals surface area contributed by atoms with Crippen molar-refractivity contribution in [2.24, 2.45) is 0 Å². The summed E-state index contributed by atoms with van der Waals surface area (Å²) in [6.07, 6.45) is 2.68. The molecular weight excluding hydrogens is 184 g/mol. The number of hydrogen-bond donors (Lipinski definition) is 1. The number of nitrogens with one attached hydrogen (secondary N) is 1. The molecule has 2 aromatic rings. The first-order chi connectivity index (χ1) is 7.16. The Kier molecular flexibility index (Phi) is 2.58. The van der Waals surface area contributed by atoms with E-state index >= 15 is 0 Å². The second kappa shape index (κ2) is 3.89. The van der Waals surface area contributed by atoms with Crippen LogP contribution in [-0.2, 0) is 6.42 Å². The number of H-pyrrole nitrogens is 1. The molecule has 0 aliphatic carbocycles. The van der Waals surface area contributed by atoms with Crippen LogP contribution in [0.25, 0.3) is 0 Å². The summed E-state index contributed by atoms with van der Waals surface area (Å²) < 4.78 is 0. The first kappa shape index (κ1) is 9.97. The van der Waals surface area contributed by atoms with Crippen molar-refractivity contribution in [2.75, 3.05) is 0 Å². The van der Waals surface area contributed by atoms with Crippen molar-refractivity contribution < 1.29 is 0 Å². The number of aromatic nitrogens is 2. The predicted octanol–water partition coefficient (Wildman–Crippen LogP) is 2.93. The summed E-state index contributed by atoms with van der Waals surface area (Å²) in [5, 5.41) is 0. The number of aryl methyl sites for hydroxylation is 3. The normalized spacial score (nSPS) is 10.6. The van der Waals surface area contributed by atoms with Crippen LogP contribution in [0.15, 0.2) is 24.5 Å². The minimum absolute atomic E-state index is 0.919. The van der Waals surface area contributed by atoms with Gasteiger partial charge in [0.2, 0.25) is 0 Å². The molecule has 78 valence electrons. The topological polar surface area (TPSA) is 28.7 Å². The van der Waals surface area contributed by atoms with Crippen LogP contribution in [0.4, 0.5) is 0 Å². The van der Waals surface area contributed by atoms with Gasteiger partial charge in [-0.15, -0.1) is 0 Å². The summed E-state index contributed by atoms with van der Waals surface area (Å²) >= 11 is 0. The maximum atomic E-state index is 4.33. The molecular formula is C13H16N2. The fraction of sp³-hybridized carbons (Fsp3) is 0.308. The number of benzene rings is 1.